The lowest BCUT2D eigenvalue weighted by Gasteiger charge is -2.32. The smallest absolute Gasteiger partial charge is 0.254 e. The van der Waals surface area contributed by atoms with Gasteiger partial charge in [0.05, 0.1) is 0 Å². The van der Waals surface area contributed by atoms with Gasteiger partial charge in [0, 0.05) is 63.3 Å². The van der Waals surface area contributed by atoms with E-state index in [-0.39, 0.29) is 5.91 Å². The molecule has 0 bridgehead atoms. The minimum Gasteiger partial charge on any atom is -0.457 e. The average Bonchev–Trinajstić information content (AvgIpc) is 3.19. The summed E-state index contributed by atoms with van der Waals surface area (Å²) in [6, 6.07) is 11.5. The van der Waals surface area contributed by atoms with Crippen molar-refractivity contribution in [3.05, 3.63) is 54.4 Å². The lowest BCUT2D eigenvalue weighted by atomic mass is 10.2. The molecule has 0 spiro atoms. The largest absolute Gasteiger partial charge is 0.457 e. The van der Waals surface area contributed by atoms with E-state index in [0.717, 1.165) is 45.7 Å². The Balaban J connectivity index is 1.41. The predicted molar refractivity (Wildman–Crippen MR) is 99.5 cm³/mol. The van der Waals surface area contributed by atoms with Gasteiger partial charge in [-0.2, -0.15) is 0 Å². The normalized spacial score (nSPS) is 20.9. The molecular formula is C20H24N4O2. The van der Waals surface area contributed by atoms with E-state index in [9.17, 15) is 4.79 Å². The van der Waals surface area contributed by atoms with E-state index in [0.29, 0.717) is 23.1 Å². The number of carbonyl (C=O) groups excluding carboxylic acids is 1. The van der Waals surface area contributed by atoms with Crippen LogP contribution in [0.4, 0.5) is 0 Å². The van der Waals surface area contributed by atoms with E-state index >= 15 is 0 Å². The number of piperazine rings is 1. The fourth-order valence-corrected chi connectivity index (χ4v) is 3.69. The van der Waals surface area contributed by atoms with Crippen molar-refractivity contribution in [1.82, 2.24) is 20.1 Å². The van der Waals surface area contributed by atoms with E-state index in [4.69, 9.17) is 4.74 Å². The first-order valence-corrected chi connectivity index (χ1v) is 9.21. The second kappa shape index (κ2) is 7.85. The molecule has 1 aromatic heterocycles. The van der Waals surface area contributed by atoms with Crippen LogP contribution < -0.4 is 10.1 Å². The van der Waals surface area contributed by atoms with Gasteiger partial charge in [-0.15, -0.1) is 0 Å². The van der Waals surface area contributed by atoms with E-state index in [1.165, 1.54) is 0 Å². The molecule has 2 aliphatic rings. The monoisotopic (exact) mass is 352 g/mol. The number of rotatable bonds is 4. The van der Waals surface area contributed by atoms with Gasteiger partial charge in [-0.1, -0.05) is 6.07 Å². The predicted octanol–water partition coefficient (Wildman–Crippen LogP) is 1.99. The zero-order valence-corrected chi connectivity index (χ0v) is 14.8. The van der Waals surface area contributed by atoms with Crippen LogP contribution in [0.2, 0.25) is 0 Å². The number of aromatic nitrogens is 1. The highest BCUT2D eigenvalue weighted by atomic mass is 16.5. The van der Waals surface area contributed by atoms with Crippen LogP contribution in [-0.2, 0) is 0 Å². The molecule has 4 rings (SSSR count). The van der Waals surface area contributed by atoms with Gasteiger partial charge < -0.3 is 15.0 Å². The quantitative estimate of drug-likeness (QED) is 0.912. The summed E-state index contributed by atoms with van der Waals surface area (Å²) in [7, 11) is 0. The molecule has 136 valence electrons. The fraction of sp³-hybridized carbons (Fsp3) is 0.400. The Morgan fingerprint density at radius 1 is 1.08 bits per heavy atom. The van der Waals surface area contributed by atoms with E-state index < -0.39 is 0 Å². The van der Waals surface area contributed by atoms with Crippen molar-refractivity contribution in [3.63, 3.8) is 0 Å². The number of benzene rings is 1. The lowest BCUT2D eigenvalue weighted by molar-refractivity contribution is 0.0773. The Kier molecular flexibility index (Phi) is 5.13. The first kappa shape index (κ1) is 17.0. The second-order valence-corrected chi connectivity index (χ2v) is 6.79. The maximum absolute atomic E-state index is 12.9. The van der Waals surface area contributed by atoms with Gasteiger partial charge in [0.15, 0.2) is 0 Å². The molecule has 0 saturated carbocycles. The van der Waals surface area contributed by atoms with Crippen LogP contribution in [0.15, 0.2) is 48.8 Å². The number of likely N-dealkylation sites (tertiary alicyclic amines) is 1. The zero-order chi connectivity index (χ0) is 17.8. The summed E-state index contributed by atoms with van der Waals surface area (Å²) in [5.41, 5.74) is 0.678. The molecule has 26 heavy (non-hydrogen) atoms. The summed E-state index contributed by atoms with van der Waals surface area (Å²) in [4.78, 5) is 21.4. The molecule has 2 fully saturated rings. The van der Waals surface area contributed by atoms with Crippen LogP contribution in [0.25, 0.3) is 0 Å². The fourth-order valence-electron chi connectivity index (χ4n) is 3.69. The molecule has 1 N–H and O–H groups in total. The highest BCUT2D eigenvalue weighted by Crippen LogP contribution is 2.24. The van der Waals surface area contributed by atoms with Crippen LogP contribution >= 0.6 is 0 Å². The highest BCUT2D eigenvalue weighted by Gasteiger charge is 2.31. The number of carbonyl (C=O) groups is 1. The van der Waals surface area contributed by atoms with Crippen molar-refractivity contribution in [2.24, 2.45) is 0 Å². The number of nitrogens with zero attached hydrogens (tertiary/aromatic N) is 3. The van der Waals surface area contributed by atoms with Crippen molar-refractivity contribution in [2.45, 2.75) is 12.5 Å². The summed E-state index contributed by atoms with van der Waals surface area (Å²) in [6.07, 6.45) is 4.43. The molecule has 2 saturated heterocycles. The Morgan fingerprint density at radius 2 is 1.88 bits per heavy atom. The Bertz CT molecular complexity index is 746. The molecule has 6 nitrogen and oxygen atoms in total. The number of ether oxygens (including phenoxy) is 1. The lowest BCUT2D eigenvalue weighted by Crippen LogP contribution is -2.49. The van der Waals surface area contributed by atoms with E-state index in [1.807, 2.05) is 29.2 Å². The standard InChI is InChI=1S/C20H24N4O2/c25-20(24-11-6-17(15-24)23-12-9-22-10-13-23)16-2-1-3-19(14-16)26-18-4-7-21-8-5-18/h1-5,7-8,14,17,22H,6,9-13,15H2. The molecule has 2 aromatic rings. The molecular weight excluding hydrogens is 328 g/mol. The van der Waals surface area contributed by atoms with Crippen LogP contribution in [0.1, 0.15) is 16.8 Å². The van der Waals surface area contributed by atoms with Gasteiger partial charge in [0.25, 0.3) is 5.91 Å². The molecule has 6 heteroatoms. The summed E-state index contributed by atoms with van der Waals surface area (Å²) < 4.78 is 5.82. The van der Waals surface area contributed by atoms with Crippen LogP contribution in [0.3, 0.4) is 0 Å². The van der Waals surface area contributed by atoms with E-state index in [1.54, 1.807) is 24.5 Å². The summed E-state index contributed by atoms with van der Waals surface area (Å²) in [5.74, 6) is 1.47. The van der Waals surface area contributed by atoms with Crippen molar-refractivity contribution >= 4 is 5.91 Å². The third-order valence-electron chi connectivity index (χ3n) is 5.08. The summed E-state index contributed by atoms with van der Waals surface area (Å²) in [5, 5.41) is 3.38. The maximum atomic E-state index is 12.9. The topological polar surface area (TPSA) is 57.7 Å². The van der Waals surface area contributed by atoms with Crippen LogP contribution in [-0.4, -0.2) is 66.0 Å². The number of hydrogen-bond donors (Lipinski definition) is 1. The minimum absolute atomic E-state index is 0.0859. The molecule has 1 amide bonds. The molecule has 1 aromatic carbocycles. The molecule has 1 unspecified atom stereocenters. The number of amides is 1. The van der Waals surface area contributed by atoms with Crippen molar-refractivity contribution < 1.29 is 9.53 Å². The van der Waals surface area contributed by atoms with Crippen LogP contribution in [0.5, 0.6) is 11.5 Å². The van der Waals surface area contributed by atoms with E-state index in [2.05, 4.69) is 15.2 Å². The van der Waals surface area contributed by atoms with Gasteiger partial charge in [0.2, 0.25) is 0 Å². The first-order chi connectivity index (χ1) is 12.8. The van der Waals surface area contributed by atoms with Crippen LogP contribution in [0, 0.1) is 0 Å². The Morgan fingerprint density at radius 3 is 2.69 bits per heavy atom. The van der Waals surface area contributed by atoms with Gasteiger partial charge in [-0.3, -0.25) is 14.7 Å². The number of hydrogen-bond acceptors (Lipinski definition) is 5. The SMILES string of the molecule is O=C(c1cccc(Oc2ccncc2)c1)N1CCC(N2CCNCC2)C1. The molecule has 0 aliphatic carbocycles. The molecule has 2 aliphatic heterocycles. The molecule has 1 atom stereocenters. The maximum Gasteiger partial charge on any atom is 0.254 e. The Hall–Kier alpha value is -2.44. The average molecular weight is 352 g/mol. The van der Waals surface area contributed by atoms with Crippen molar-refractivity contribution in [2.75, 3.05) is 39.3 Å². The molecule has 3 heterocycles. The molecule has 0 radical (unpaired) electrons. The van der Waals surface area contributed by atoms with Gasteiger partial charge in [-0.25, -0.2) is 0 Å². The third-order valence-corrected chi connectivity index (χ3v) is 5.08. The Labute approximate surface area is 153 Å². The summed E-state index contributed by atoms with van der Waals surface area (Å²) in [6.45, 7) is 5.86. The minimum atomic E-state index is 0.0859. The van der Waals surface area contributed by atoms with Crippen molar-refractivity contribution in [1.29, 1.82) is 0 Å². The number of pyridine rings is 1. The summed E-state index contributed by atoms with van der Waals surface area (Å²) >= 11 is 0. The van der Waals surface area contributed by atoms with Crippen molar-refractivity contribution in [3.8, 4) is 11.5 Å². The van der Waals surface area contributed by atoms with Gasteiger partial charge in [-0.05, 0) is 36.8 Å². The number of nitrogens with one attached hydrogen (secondary N) is 1. The van der Waals surface area contributed by atoms with Gasteiger partial charge >= 0.3 is 0 Å². The van der Waals surface area contributed by atoms with Gasteiger partial charge in [0.1, 0.15) is 11.5 Å². The second-order valence-electron chi connectivity index (χ2n) is 6.79. The highest BCUT2D eigenvalue weighted by molar-refractivity contribution is 5.94. The third kappa shape index (κ3) is 3.86. The first-order valence-electron chi connectivity index (χ1n) is 9.21. The zero-order valence-electron chi connectivity index (χ0n) is 14.8.